The Morgan fingerprint density at radius 2 is 1.85 bits per heavy atom. The van der Waals surface area contributed by atoms with Crippen molar-refractivity contribution in [1.82, 2.24) is 14.9 Å². The molecule has 0 aliphatic carbocycles. The topological polar surface area (TPSA) is 53.1 Å². The van der Waals surface area contributed by atoms with Crippen molar-refractivity contribution in [1.29, 1.82) is 0 Å². The van der Waals surface area contributed by atoms with E-state index in [9.17, 15) is 0 Å². The molecule has 1 aromatic heterocycles. The highest BCUT2D eigenvalue weighted by atomic mass is 35.5. The predicted molar refractivity (Wildman–Crippen MR) is 109 cm³/mol. The smallest absolute Gasteiger partial charge is 0.229 e. The molecule has 26 heavy (non-hydrogen) atoms. The van der Waals surface area contributed by atoms with Gasteiger partial charge in [0, 0.05) is 35.1 Å². The van der Waals surface area contributed by atoms with Gasteiger partial charge in [0.2, 0.25) is 5.95 Å². The maximum absolute atomic E-state index is 5.94. The molecule has 0 radical (unpaired) electrons. The van der Waals surface area contributed by atoms with Gasteiger partial charge in [0.15, 0.2) is 0 Å². The second kappa shape index (κ2) is 9.19. The summed E-state index contributed by atoms with van der Waals surface area (Å²) in [6, 6.07) is 9.90. The lowest BCUT2D eigenvalue weighted by molar-refractivity contribution is 0.223. The molecule has 2 N–H and O–H groups in total. The van der Waals surface area contributed by atoms with Crippen molar-refractivity contribution in [2.24, 2.45) is 0 Å². The van der Waals surface area contributed by atoms with Crippen LogP contribution in [0.15, 0.2) is 30.3 Å². The zero-order chi connectivity index (χ0) is 18.4. The average molecular weight is 374 g/mol. The van der Waals surface area contributed by atoms with Gasteiger partial charge in [-0.1, -0.05) is 18.0 Å². The number of anilines is 3. The average Bonchev–Trinajstić information content (AvgIpc) is 2.62. The highest BCUT2D eigenvalue weighted by molar-refractivity contribution is 6.30. The van der Waals surface area contributed by atoms with E-state index in [2.05, 4.69) is 32.4 Å². The van der Waals surface area contributed by atoms with Gasteiger partial charge in [-0.25, -0.2) is 4.98 Å². The highest BCUT2D eigenvalue weighted by Gasteiger charge is 2.12. The van der Waals surface area contributed by atoms with Crippen molar-refractivity contribution in [3.8, 4) is 0 Å². The molecule has 5 nitrogen and oxygen atoms in total. The Hall–Kier alpha value is -1.85. The molecule has 1 aliphatic rings. The molecule has 0 saturated carbocycles. The molecule has 1 saturated heterocycles. The summed E-state index contributed by atoms with van der Waals surface area (Å²) in [4.78, 5) is 11.7. The van der Waals surface area contributed by atoms with Gasteiger partial charge in [0.05, 0.1) is 0 Å². The van der Waals surface area contributed by atoms with Gasteiger partial charge >= 0.3 is 0 Å². The summed E-state index contributed by atoms with van der Waals surface area (Å²) in [5.74, 6) is 1.46. The summed E-state index contributed by atoms with van der Waals surface area (Å²) in [6.07, 6.45) is 5.18. The van der Waals surface area contributed by atoms with Crippen molar-refractivity contribution < 1.29 is 0 Å². The summed E-state index contributed by atoms with van der Waals surface area (Å²) in [5.41, 5.74) is 1.85. The second-order valence-electron chi connectivity index (χ2n) is 7.09. The van der Waals surface area contributed by atoms with Gasteiger partial charge < -0.3 is 15.5 Å². The second-order valence-corrected chi connectivity index (χ2v) is 7.52. The number of nitrogens with zero attached hydrogens (tertiary/aromatic N) is 3. The first kappa shape index (κ1) is 18.9. The van der Waals surface area contributed by atoms with Gasteiger partial charge in [-0.05, 0) is 70.5 Å². The van der Waals surface area contributed by atoms with Crippen LogP contribution in [0.3, 0.4) is 0 Å². The lowest BCUT2D eigenvalue weighted by Gasteiger charge is -2.27. The maximum atomic E-state index is 5.94. The molecule has 1 unspecified atom stereocenters. The first-order valence-electron chi connectivity index (χ1n) is 9.46. The van der Waals surface area contributed by atoms with Crippen molar-refractivity contribution >= 4 is 29.1 Å². The SMILES string of the molecule is Cc1cc(NC(C)CCN2CCCCC2)nc(Nc2ccc(Cl)cc2)n1. The molecule has 1 atom stereocenters. The lowest BCUT2D eigenvalue weighted by atomic mass is 10.1. The van der Waals surface area contributed by atoms with Crippen LogP contribution in [0.1, 0.15) is 38.3 Å². The zero-order valence-corrected chi connectivity index (χ0v) is 16.4. The van der Waals surface area contributed by atoms with E-state index >= 15 is 0 Å². The van der Waals surface area contributed by atoms with Crippen LogP contribution in [0.4, 0.5) is 17.5 Å². The third-order valence-corrected chi connectivity index (χ3v) is 4.93. The number of aryl methyl sites for hydroxylation is 1. The molecule has 6 heteroatoms. The van der Waals surface area contributed by atoms with Crippen molar-refractivity contribution in [2.75, 3.05) is 30.3 Å². The van der Waals surface area contributed by atoms with Gasteiger partial charge in [0.1, 0.15) is 5.82 Å². The number of rotatable bonds is 7. The van der Waals surface area contributed by atoms with E-state index < -0.39 is 0 Å². The first-order chi connectivity index (χ1) is 12.6. The molecule has 2 heterocycles. The third kappa shape index (κ3) is 5.85. The summed E-state index contributed by atoms with van der Waals surface area (Å²) in [5, 5.41) is 7.47. The molecular formula is C20H28ClN5. The molecule has 1 aromatic carbocycles. The van der Waals surface area contributed by atoms with Crippen LogP contribution in [-0.2, 0) is 0 Å². The van der Waals surface area contributed by atoms with E-state index in [0.717, 1.165) is 30.2 Å². The van der Waals surface area contributed by atoms with Crippen LogP contribution in [-0.4, -0.2) is 40.5 Å². The number of aromatic nitrogens is 2. The van der Waals surface area contributed by atoms with Gasteiger partial charge in [-0.3, -0.25) is 0 Å². The Balaban J connectivity index is 1.56. The fourth-order valence-corrected chi connectivity index (χ4v) is 3.37. The van der Waals surface area contributed by atoms with Gasteiger partial charge in [-0.2, -0.15) is 4.98 Å². The van der Waals surface area contributed by atoms with Gasteiger partial charge in [0.25, 0.3) is 0 Å². The minimum Gasteiger partial charge on any atom is -0.367 e. The van der Waals surface area contributed by atoms with E-state index in [-0.39, 0.29) is 0 Å². The molecule has 140 valence electrons. The lowest BCUT2D eigenvalue weighted by Crippen LogP contribution is -2.33. The number of halogens is 1. The summed E-state index contributed by atoms with van der Waals surface area (Å²) < 4.78 is 0. The number of piperidine rings is 1. The maximum Gasteiger partial charge on any atom is 0.229 e. The van der Waals surface area contributed by atoms with Crippen molar-refractivity contribution in [3.05, 3.63) is 41.0 Å². The summed E-state index contributed by atoms with van der Waals surface area (Å²) in [6.45, 7) is 7.84. The highest BCUT2D eigenvalue weighted by Crippen LogP contribution is 2.19. The predicted octanol–water partition coefficient (Wildman–Crippen LogP) is 4.86. The number of hydrogen-bond donors (Lipinski definition) is 2. The Labute approximate surface area is 161 Å². The van der Waals surface area contributed by atoms with E-state index in [1.165, 1.54) is 32.4 Å². The van der Waals surface area contributed by atoms with Crippen LogP contribution in [0.2, 0.25) is 5.02 Å². The quantitative estimate of drug-likeness (QED) is 0.725. The number of hydrogen-bond acceptors (Lipinski definition) is 5. The van der Waals surface area contributed by atoms with E-state index in [1.54, 1.807) is 0 Å². The number of nitrogens with one attached hydrogen (secondary N) is 2. The Morgan fingerprint density at radius 3 is 2.58 bits per heavy atom. The standard InChI is InChI=1S/C20H28ClN5/c1-15(10-13-26-11-4-3-5-12-26)22-19-14-16(2)23-20(25-19)24-18-8-6-17(21)7-9-18/h6-9,14-15H,3-5,10-13H2,1-2H3,(H2,22,23,24,25). The molecule has 3 rings (SSSR count). The third-order valence-electron chi connectivity index (χ3n) is 4.68. The molecule has 0 bridgehead atoms. The summed E-state index contributed by atoms with van der Waals surface area (Å²) in [7, 11) is 0. The van der Waals surface area contributed by atoms with Crippen LogP contribution < -0.4 is 10.6 Å². The largest absolute Gasteiger partial charge is 0.367 e. The first-order valence-corrected chi connectivity index (χ1v) is 9.83. The zero-order valence-electron chi connectivity index (χ0n) is 15.6. The van der Waals surface area contributed by atoms with Crippen LogP contribution in [0.25, 0.3) is 0 Å². The molecule has 1 aliphatic heterocycles. The summed E-state index contributed by atoms with van der Waals surface area (Å²) >= 11 is 5.94. The van der Waals surface area contributed by atoms with E-state index in [1.807, 2.05) is 37.3 Å². The molecule has 1 fully saturated rings. The van der Waals surface area contributed by atoms with Crippen LogP contribution in [0, 0.1) is 6.92 Å². The number of likely N-dealkylation sites (tertiary alicyclic amines) is 1. The molecule has 2 aromatic rings. The van der Waals surface area contributed by atoms with Crippen molar-refractivity contribution in [2.45, 2.75) is 45.6 Å². The Bertz CT molecular complexity index is 698. The van der Waals surface area contributed by atoms with Crippen LogP contribution in [0.5, 0.6) is 0 Å². The van der Waals surface area contributed by atoms with E-state index in [4.69, 9.17) is 11.6 Å². The minimum absolute atomic E-state index is 0.370. The normalized spacial score (nSPS) is 16.3. The monoisotopic (exact) mass is 373 g/mol. The minimum atomic E-state index is 0.370. The van der Waals surface area contributed by atoms with E-state index in [0.29, 0.717) is 17.0 Å². The van der Waals surface area contributed by atoms with Crippen molar-refractivity contribution in [3.63, 3.8) is 0 Å². The Morgan fingerprint density at radius 1 is 1.12 bits per heavy atom. The fraction of sp³-hybridized carbons (Fsp3) is 0.500. The van der Waals surface area contributed by atoms with Crippen LogP contribution >= 0.6 is 11.6 Å². The van der Waals surface area contributed by atoms with Gasteiger partial charge in [-0.15, -0.1) is 0 Å². The molecule has 0 amide bonds. The fourth-order valence-electron chi connectivity index (χ4n) is 3.24. The Kier molecular flexibility index (Phi) is 6.69. The molecule has 0 spiro atoms. The molecular weight excluding hydrogens is 346 g/mol. The number of benzene rings is 1.